The predicted molar refractivity (Wildman–Crippen MR) is 77.1 cm³/mol. The molecule has 0 saturated carbocycles. The fourth-order valence-corrected chi connectivity index (χ4v) is 2.77. The van der Waals surface area contributed by atoms with Gasteiger partial charge in [0, 0.05) is 19.3 Å². The van der Waals surface area contributed by atoms with Gasteiger partial charge in [0.2, 0.25) is 0 Å². The average Bonchev–Trinajstić information content (AvgIpc) is 2.79. The SMILES string of the molecule is Cc1cc(N(C)Cc2ccsc2)c(C(=O)O)c(C)n1. The number of hydrogen-bond donors (Lipinski definition) is 1. The molecule has 19 heavy (non-hydrogen) atoms. The van der Waals surface area contributed by atoms with Crippen LogP contribution >= 0.6 is 11.3 Å². The number of aryl methyl sites for hydroxylation is 2. The fraction of sp³-hybridized carbons (Fsp3) is 0.286. The highest BCUT2D eigenvalue weighted by atomic mass is 32.1. The van der Waals surface area contributed by atoms with Crippen molar-refractivity contribution in [2.24, 2.45) is 0 Å². The molecule has 100 valence electrons. The van der Waals surface area contributed by atoms with E-state index in [1.165, 1.54) is 5.56 Å². The first-order valence-corrected chi connectivity index (χ1v) is 6.87. The van der Waals surface area contributed by atoms with Gasteiger partial charge in [0.15, 0.2) is 0 Å². The van der Waals surface area contributed by atoms with Gasteiger partial charge < -0.3 is 10.0 Å². The summed E-state index contributed by atoms with van der Waals surface area (Å²) in [7, 11) is 1.90. The van der Waals surface area contributed by atoms with Crippen molar-refractivity contribution in [1.82, 2.24) is 4.98 Å². The van der Waals surface area contributed by atoms with Gasteiger partial charge in [-0.05, 0) is 42.3 Å². The van der Waals surface area contributed by atoms with Gasteiger partial charge in [-0.2, -0.15) is 11.3 Å². The Morgan fingerprint density at radius 1 is 1.47 bits per heavy atom. The van der Waals surface area contributed by atoms with Crippen molar-refractivity contribution in [2.45, 2.75) is 20.4 Å². The van der Waals surface area contributed by atoms with E-state index in [-0.39, 0.29) is 5.56 Å². The number of rotatable bonds is 4. The number of hydrogen-bond acceptors (Lipinski definition) is 4. The van der Waals surface area contributed by atoms with Crippen LogP contribution in [0.3, 0.4) is 0 Å². The summed E-state index contributed by atoms with van der Waals surface area (Å²) in [6.45, 7) is 4.30. The summed E-state index contributed by atoms with van der Waals surface area (Å²) in [6.07, 6.45) is 0. The molecular formula is C14H16N2O2S. The van der Waals surface area contributed by atoms with Gasteiger partial charge in [0.05, 0.1) is 11.4 Å². The number of carboxylic acid groups (broad SMARTS) is 1. The van der Waals surface area contributed by atoms with Crippen LogP contribution in [0.5, 0.6) is 0 Å². The largest absolute Gasteiger partial charge is 0.478 e. The first-order chi connectivity index (χ1) is 8.99. The molecule has 0 saturated heterocycles. The Morgan fingerprint density at radius 3 is 2.79 bits per heavy atom. The highest BCUT2D eigenvalue weighted by Gasteiger charge is 2.18. The number of nitrogens with zero attached hydrogens (tertiary/aromatic N) is 2. The first kappa shape index (κ1) is 13.5. The molecule has 5 heteroatoms. The molecule has 0 aliphatic rings. The van der Waals surface area contributed by atoms with E-state index in [0.29, 0.717) is 17.9 Å². The van der Waals surface area contributed by atoms with Crippen LogP contribution < -0.4 is 4.90 Å². The Labute approximate surface area is 116 Å². The van der Waals surface area contributed by atoms with Crippen molar-refractivity contribution in [2.75, 3.05) is 11.9 Å². The van der Waals surface area contributed by atoms with E-state index in [4.69, 9.17) is 0 Å². The van der Waals surface area contributed by atoms with Crippen molar-refractivity contribution >= 4 is 23.0 Å². The minimum absolute atomic E-state index is 0.281. The number of carboxylic acids is 1. The molecule has 1 N–H and O–H groups in total. The van der Waals surface area contributed by atoms with Gasteiger partial charge in [-0.3, -0.25) is 4.98 Å². The Balaban J connectivity index is 2.40. The zero-order valence-electron chi connectivity index (χ0n) is 11.2. The molecule has 0 unspecified atom stereocenters. The van der Waals surface area contributed by atoms with Crippen LogP contribution in [0.2, 0.25) is 0 Å². The Morgan fingerprint density at radius 2 is 2.21 bits per heavy atom. The molecule has 0 aromatic carbocycles. The van der Waals surface area contributed by atoms with Crippen LogP contribution in [0.15, 0.2) is 22.9 Å². The minimum atomic E-state index is -0.933. The third-order valence-electron chi connectivity index (χ3n) is 2.93. The molecule has 0 radical (unpaired) electrons. The molecule has 2 aromatic heterocycles. The summed E-state index contributed by atoms with van der Waals surface area (Å²) < 4.78 is 0. The van der Waals surface area contributed by atoms with E-state index < -0.39 is 5.97 Å². The summed E-state index contributed by atoms with van der Waals surface area (Å²) in [5, 5.41) is 13.4. The second-order valence-corrected chi connectivity index (χ2v) is 5.32. The third kappa shape index (κ3) is 2.93. The van der Waals surface area contributed by atoms with Crippen LogP contribution in [-0.2, 0) is 6.54 Å². The second kappa shape index (κ2) is 5.40. The van der Waals surface area contributed by atoms with Crippen molar-refractivity contribution in [1.29, 1.82) is 0 Å². The number of aromatic nitrogens is 1. The summed E-state index contributed by atoms with van der Waals surface area (Å²) in [6, 6.07) is 3.87. The van der Waals surface area contributed by atoms with Gasteiger partial charge >= 0.3 is 5.97 Å². The summed E-state index contributed by atoms with van der Waals surface area (Å²) in [5.74, 6) is -0.933. The lowest BCUT2D eigenvalue weighted by Crippen LogP contribution is -2.20. The quantitative estimate of drug-likeness (QED) is 0.932. The Hall–Kier alpha value is -1.88. The number of thiophene rings is 1. The monoisotopic (exact) mass is 276 g/mol. The Kier molecular flexibility index (Phi) is 3.85. The smallest absolute Gasteiger partial charge is 0.339 e. The third-order valence-corrected chi connectivity index (χ3v) is 3.66. The van der Waals surface area contributed by atoms with Crippen molar-refractivity contribution in [3.8, 4) is 0 Å². The van der Waals surface area contributed by atoms with E-state index in [0.717, 1.165) is 5.69 Å². The number of pyridine rings is 1. The topological polar surface area (TPSA) is 53.4 Å². The zero-order chi connectivity index (χ0) is 14.0. The van der Waals surface area contributed by atoms with Gasteiger partial charge in [-0.1, -0.05) is 0 Å². The maximum atomic E-state index is 11.4. The van der Waals surface area contributed by atoms with E-state index in [1.54, 1.807) is 18.3 Å². The van der Waals surface area contributed by atoms with E-state index >= 15 is 0 Å². The lowest BCUT2D eigenvalue weighted by Gasteiger charge is -2.22. The molecule has 2 heterocycles. The molecule has 0 bridgehead atoms. The van der Waals surface area contributed by atoms with E-state index in [2.05, 4.69) is 10.4 Å². The highest BCUT2D eigenvalue weighted by molar-refractivity contribution is 7.07. The van der Waals surface area contributed by atoms with Crippen LogP contribution in [0, 0.1) is 13.8 Å². The van der Waals surface area contributed by atoms with E-state index in [9.17, 15) is 9.90 Å². The zero-order valence-corrected chi connectivity index (χ0v) is 12.0. The van der Waals surface area contributed by atoms with Gasteiger partial charge in [-0.15, -0.1) is 0 Å². The highest BCUT2D eigenvalue weighted by Crippen LogP contribution is 2.25. The average molecular weight is 276 g/mol. The maximum absolute atomic E-state index is 11.4. The molecule has 2 rings (SSSR count). The standard InChI is InChI=1S/C14H16N2O2S/c1-9-6-12(13(14(17)18)10(2)15-9)16(3)7-11-4-5-19-8-11/h4-6,8H,7H2,1-3H3,(H,17,18). The normalized spacial score (nSPS) is 10.5. The fourth-order valence-electron chi connectivity index (χ4n) is 2.12. The van der Waals surface area contributed by atoms with Gasteiger partial charge in [0.25, 0.3) is 0 Å². The lowest BCUT2D eigenvalue weighted by molar-refractivity contribution is 0.0696. The maximum Gasteiger partial charge on any atom is 0.339 e. The van der Waals surface area contributed by atoms with Crippen molar-refractivity contribution < 1.29 is 9.90 Å². The molecule has 2 aromatic rings. The lowest BCUT2D eigenvalue weighted by atomic mass is 10.1. The van der Waals surface area contributed by atoms with Crippen LogP contribution in [-0.4, -0.2) is 23.1 Å². The van der Waals surface area contributed by atoms with Gasteiger partial charge in [-0.25, -0.2) is 4.79 Å². The Bertz CT molecular complexity index is 594. The molecule has 0 spiro atoms. The number of anilines is 1. The van der Waals surface area contributed by atoms with Gasteiger partial charge in [0.1, 0.15) is 5.56 Å². The summed E-state index contributed by atoms with van der Waals surface area (Å²) >= 11 is 1.64. The van der Waals surface area contributed by atoms with Crippen molar-refractivity contribution in [3.63, 3.8) is 0 Å². The molecule has 0 amide bonds. The second-order valence-electron chi connectivity index (χ2n) is 4.54. The number of aromatic carboxylic acids is 1. The molecule has 0 fully saturated rings. The van der Waals surface area contributed by atoms with Crippen LogP contribution in [0.1, 0.15) is 27.3 Å². The van der Waals surface area contributed by atoms with Crippen LogP contribution in [0.25, 0.3) is 0 Å². The molecule has 4 nitrogen and oxygen atoms in total. The van der Waals surface area contributed by atoms with E-state index in [1.807, 2.05) is 36.4 Å². The number of carbonyl (C=O) groups is 1. The minimum Gasteiger partial charge on any atom is -0.478 e. The van der Waals surface area contributed by atoms with Crippen molar-refractivity contribution in [3.05, 3.63) is 45.4 Å². The summed E-state index contributed by atoms with van der Waals surface area (Å²) in [5.41, 5.74) is 3.55. The summed E-state index contributed by atoms with van der Waals surface area (Å²) in [4.78, 5) is 17.6. The molecule has 0 atom stereocenters. The molecule has 0 aliphatic heterocycles. The molecule has 0 aliphatic carbocycles. The molecular weight excluding hydrogens is 260 g/mol. The van der Waals surface area contributed by atoms with Crippen LogP contribution in [0.4, 0.5) is 5.69 Å². The predicted octanol–water partition coefficient (Wildman–Crippen LogP) is 3.09. The first-order valence-electron chi connectivity index (χ1n) is 5.92.